The van der Waals surface area contributed by atoms with Crippen molar-refractivity contribution in [2.24, 2.45) is 0 Å². The Kier molecular flexibility index (Phi) is 2.57. The zero-order chi connectivity index (χ0) is 12.4. The molecule has 1 aromatic carbocycles. The number of hydrogen-bond acceptors (Lipinski definition) is 3. The second kappa shape index (κ2) is 4.37. The minimum absolute atomic E-state index is 0.135. The molecule has 2 N–H and O–H groups in total. The number of H-pyrrole nitrogens is 1. The van der Waals surface area contributed by atoms with Gasteiger partial charge in [-0.3, -0.25) is 4.79 Å². The molecule has 3 rings (SSSR count). The molecule has 2 heterocycles. The van der Waals surface area contributed by atoms with Crippen molar-refractivity contribution < 1.29 is 9.32 Å². The van der Waals surface area contributed by atoms with Crippen molar-refractivity contribution in [2.75, 3.05) is 0 Å². The molecule has 3 aromatic rings. The molecular weight excluding hydrogens is 230 g/mol. The molecule has 0 saturated heterocycles. The summed E-state index contributed by atoms with van der Waals surface area (Å²) in [4.78, 5) is 15.1. The lowest BCUT2D eigenvalue weighted by Crippen LogP contribution is -2.22. The summed E-state index contributed by atoms with van der Waals surface area (Å²) in [7, 11) is 0. The average molecular weight is 241 g/mol. The molecule has 0 fully saturated rings. The summed E-state index contributed by atoms with van der Waals surface area (Å²) in [5.74, 6) is 0.493. The number of amides is 1. The zero-order valence-corrected chi connectivity index (χ0v) is 9.51. The number of aromatic amines is 1. The van der Waals surface area contributed by atoms with Crippen molar-refractivity contribution >= 4 is 16.8 Å². The standard InChI is InChI=1S/C13H11N3O2/c17-13(15-7-9-5-6-16-18-9)11-8-14-12-4-2-1-3-10(11)12/h1-6,8,14H,7H2,(H,15,17). The van der Waals surface area contributed by atoms with Crippen molar-refractivity contribution in [2.45, 2.75) is 6.54 Å². The topological polar surface area (TPSA) is 70.9 Å². The van der Waals surface area contributed by atoms with Gasteiger partial charge in [0.2, 0.25) is 0 Å². The quantitative estimate of drug-likeness (QED) is 0.737. The number of carbonyl (C=O) groups is 1. The molecule has 0 radical (unpaired) electrons. The van der Waals surface area contributed by atoms with Crippen LogP contribution >= 0.6 is 0 Å². The summed E-state index contributed by atoms with van der Waals surface area (Å²) >= 11 is 0. The number of hydrogen-bond donors (Lipinski definition) is 2. The number of nitrogens with one attached hydrogen (secondary N) is 2. The molecule has 0 aliphatic carbocycles. The molecule has 18 heavy (non-hydrogen) atoms. The normalized spacial score (nSPS) is 10.7. The molecule has 90 valence electrons. The van der Waals surface area contributed by atoms with Gasteiger partial charge in [-0.2, -0.15) is 0 Å². The van der Waals surface area contributed by atoms with E-state index >= 15 is 0 Å². The Morgan fingerprint density at radius 1 is 1.33 bits per heavy atom. The Morgan fingerprint density at radius 3 is 3.06 bits per heavy atom. The van der Waals surface area contributed by atoms with Crippen LogP contribution in [0.3, 0.4) is 0 Å². The van der Waals surface area contributed by atoms with Crippen molar-refractivity contribution in [3.8, 4) is 0 Å². The van der Waals surface area contributed by atoms with Gasteiger partial charge >= 0.3 is 0 Å². The largest absolute Gasteiger partial charge is 0.360 e. The predicted octanol–water partition coefficient (Wildman–Crippen LogP) is 2.09. The fourth-order valence-electron chi connectivity index (χ4n) is 1.86. The fraction of sp³-hybridized carbons (Fsp3) is 0.0769. The van der Waals surface area contributed by atoms with E-state index in [0.717, 1.165) is 10.9 Å². The smallest absolute Gasteiger partial charge is 0.253 e. The number of carbonyl (C=O) groups excluding carboxylic acids is 1. The van der Waals surface area contributed by atoms with Crippen LogP contribution in [-0.2, 0) is 6.54 Å². The Morgan fingerprint density at radius 2 is 2.22 bits per heavy atom. The lowest BCUT2D eigenvalue weighted by atomic mass is 10.1. The number of rotatable bonds is 3. The van der Waals surface area contributed by atoms with Crippen molar-refractivity contribution in [1.29, 1.82) is 0 Å². The van der Waals surface area contributed by atoms with Crippen LogP contribution in [0.15, 0.2) is 47.2 Å². The molecule has 5 heteroatoms. The van der Waals surface area contributed by atoms with Crippen LogP contribution < -0.4 is 5.32 Å². The molecule has 0 saturated carbocycles. The van der Waals surface area contributed by atoms with Crippen LogP contribution in [0.2, 0.25) is 0 Å². The van der Waals surface area contributed by atoms with Crippen LogP contribution in [0.1, 0.15) is 16.1 Å². The van der Waals surface area contributed by atoms with Gasteiger partial charge in [0.1, 0.15) is 0 Å². The second-order valence-electron chi connectivity index (χ2n) is 3.91. The number of fused-ring (bicyclic) bond motifs is 1. The first-order valence-corrected chi connectivity index (χ1v) is 5.58. The summed E-state index contributed by atoms with van der Waals surface area (Å²) in [5, 5.41) is 7.28. The average Bonchev–Trinajstić information content (AvgIpc) is 3.05. The van der Waals surface area contributed by atoms with E-state index in [1.807, 2.05) is 24.3 Å². The van der Waals surface area contributed by atoms with E-state index in [2.05, 4.69) is 15.5 Å². The van der Waals surface area contributed by atoms with Crippen LogP contribution in [0.25, 0.3) is 10.9 Å². The Hall–Kier alpha value is -2.56. The zero-order valence-electron chi connectivity index (χ0n) is 9.51. The summed E-state index contributed by atoms with van der Waals surface area (Å²) in [6.07, 6.45) is 3.26. The van der Waals surface area contributed by atoms with Gasteiger partial charge < -0.3 is 14.8 Å². The van der Waals surface area contributed by atoms with Gasteiger partial charge in [0.05, 0.1) is 18.3 Å². The molecule has 0 bridgehead atoms. The third kappa shape index (κ3) is 1.86. The van der Waals surface area contributed by atoms with Gasteiger partial charge in [-0.05, 0) is 6.07 Å². The van der Waals surface area contributed by atoms with Crippen LogP contribution in [0.5, 0.6) is 0 Å². The third-order valence-corrected chi connectivity index (χ3v) is 2.75. The van der Waals surface area contributed by atoms with Crippen molar-refractivity contribution in [3.63, 3.8) is 0 Å². The van der Waals surface area contributed by atoms with E-state index in [1.165, 1.54) is 0 Å². The molecule has 2 aromatic heterocycles. The minimum atomic E-state index is -0.135. The maximum Gasteiger partial charge on any atom is 0.253 e. The maximum atomic E-state index is 12.0. The lowest BCUT2D eigenvalue weighted by molar-refractivity contribution is 0.0949. The van der Waals surface area contributed by atoms with Gasteiger partial charge in [-0.25, -0.2) is 0 Å². The number of para-hydroxylation sites is 1. The van der Waals surface area contributed by atoms with Gasteiger partial charge in [0.25, 0.3) is 5.91 Å². The highest BCUT2D eigenvalue weighted by atomic mass is 16.5. The molecule has 0 aliphatic rings. The molecule has 5 nitrogen and oxygen atoms in total. The van der Waals surface area contributed by atoms with Gasteiger partial charge in [0.15, 0.2) is 5.76 Å². The van der Waals surface area contributed by atoms with Gasteiger partial charge in [-0.1, -0.05) is 23.4 Å². The van der Waals surface area contributed by atoms with E-state index in [4.69, 9.17) is 4.52 Å². The maximum absolute atomic E-state index is 12.0. The Labute approximate surface area is 103 Å². The Balaban J connectivity index is 1.80. The molecule has 1 amide bonds. The van der Waals surface area contributed by atoms with Crippen molar-refractivity contribution in [3.05, 3.63) is 54.0 Å². The van der Waals surface area contributed by atoms with E-state index in [-0.39, 0.29) is 5.91 Å². The van der Waals surface area contributed by atoms with E-state index < -0.39 is 0 Å². The van der Waals surface area contributed by atoms with Crippen LogP contribution in [-0.4, -0.2) is 16.0 Å². The van der Waals surface area contributed by atoms with Crippen LogP contribution in [0.4, 0.5) is 0 Å². The fourth-order valence-corrected chi connectivity index (χ4v) is 1.86. The van der Waals surface area contributed by atoms with Gasteiger partial charge in [-0.15, -0.1) is 0 Å². The van der Waals surface area contributed by atoms with Gasteiger partial charge in [0, 0.05) is 23.2 Å². The lowest BCUT2D eigenvalue weighted by Gasteiger charge is -2.01. The summed E-state index contributed by atoms with van der Waals surface area (Å²) in [6, 6.07) is 9.39. The number of benzene rings is 1. The molecular formula is C13H11N3O2. The first-order valence-electron chi connectivity index (χ1n) is 5.58. The molecule has 0 spiro atoms. The second-order valence-corrected chi connectivity index (χ2v) is 3.91. The summed E-state index contributed by atoms with van der Waals surface area (Å²) < 4.78 is 4.92. The number of nitrogens with zero attached hydrogens (tertiary/aromatic N) is 1. The molecule has 0 atom stereocenters. The SMILES string of the molecule is O=C(NCc1ccno1)c1c[nH]c2ccccc12. The minimum Gasteiger partial charge on any atom is -0.360 e. The van der Waals surface area contributed by atoms with E-state index in [9.17, 15) is 4.79 Å². The highest BCUT2D eigenvalue weighted by molar-refractivity contribution is 6.06. The first-order chi connectivity index (χ1) is 8.84. The molecule has 0 unspecified atom stereocenters. The highest BCUT2D eigenvalue weighted by Crippen LogP contribution is 2.17. The highest BCUT2D eigenvalue weighted by Gasteiger charge is 2.11. The number of aromatic nitrogens is 2. The van der Waals surface area contributed by atoms with Crippen LogP contribution in [0, 0.1) is 0 Å². The monoisotopic (exact) mass is 241 g/mol. The summed E-state index contributed by atoms with van der Waals surface area (Å²) in [6.45, 7) is 0.332. The molecule has 0 aliphatic heterocycles. The van der Waals surface area contributed by atoms with E-state index in [1.54, 1.807) is 18.5 Å². The summed E-state index contributed by atoms with van der Waals surface area (Å²) in [5.41, 5.74) is 1.58. The predicted molar refractivity (Wildman–Crippen MR) is 66.0 cm³/mol. The Bertz CT molecular complexity index is 670. The first kappa shape index (κ1) is 10.6. The third-order valence-electron chi connectivity index (χ3n) is 2.75. The van der Waals surface area contributed by atoms with E-state index in [0.29, 0.717) is 17.9 Å². The van der Waals surface area contributed by atoms with Crippen molar-refractivity contribution in [1.82, 2.24) is 15.5 Å².